The van der Waals surface area contributed by atoms with Crippen LogP contribution < -0.4 is 0 Å². The van der Waals surface area contributed by atoms with Gasteiger partial charge in [-0.15, -0.1) is 0 Å². The molecule has 2 aliphatic carbocycles. The second-order valence-electron chi connectivity index (χ2n) is 8.15. The summed E-state index contributed by atoms with van der Waals surface area (Å²) in [5, 5.41) is 0. The van der Waals surface area contributed by atoms with Crippen LogP contribution in [0.3, 0.4) is 0 Å². The zero-order valence-corrected chi connectivity index (χ0v) is 16.0. The molecule has 0 nitrogen and oxygen atoms in total. The highest BCUT2D eigenvalue weighted by atomic mass is 35.5. The van der Waals surface area contributed by atoms with E-state index >= 15 is 0 Å². The molecule has 0 unspecified atom stereocenters. The molecule has 144 valence electrons. The molecule has 0 aromatic heterocycles. The molecular formula is C22H28ClF3. The van der Waals surface area contributed by atoms with Crippen LogP contribution in [0.15, 0.2) is 23.7 Å². The molecule has 0 radical (unpaired) electrons. The molecule has 4 heteroatoms. The second kappa shape index (κ2) is 9.30. The van der Waals surface area contributed by atoms with E-state index in [-0.39, 0.29) is 0 Å². The Balaban J connectivity index is 1.42. The molecule has 0 saturated heterocycles. The number of hydrogen-bond acceptors (Lipinski definition) is 0. The topological polar surface area (TPSA) is 0 Å². The molecule has 26 heavy (non-hydrogen) atoms. The summed E-state index contributed by atoms with van der Waals surface area (Å²) in [6.45, 7) is 0. The van der Waals surface area contributed by atoms with Crippen molar-refractivity contribution in [3.05, 3.63) is 46.8 Å². The van der Waals surface area contributed by atoms with Gasteiger partial charge in [-0.3, -0.25) is 0 Å². The van der Waals surface area contributed by atoms with Crippen LogP contribution >= 0.6 is 11.6 Å². The van der Waals surface area contributed by atoms with Crippen molar-refractivity contribution in [2.45, 2.75) is 64.2 Å². The van der Waals surface area contributed by atoms with Gasteiger partial charge in [0.15, 0.2) is 17.5 Å². The number of rotatable bonds is 5. The van der Waals surface area contributed by atoms with E-state index in [0.717, 1.165) is 24.3 Å². The highest BCUT2D eigenvalue weighted by Gasteiger charge is 2.30. The summed E-state index contributed by atoms with van der Waals surface area (Å²) in [4.78, 5) is 0. The minimum Gasteiger partial charge on any atom is -0.204 e. The van der Waals surface area contributed by atoms with Gasteiger partial charge in [0.1, 0.15) is 0 Å². The largest absolute Gasteiger partial charge is 0.204 e. The third-order valence-electron chi connectivity index (χ3n) is 6.66. The highest BCUT2D eigenvalue weighted by Crippen LogP contribution is 2.42. The minimum absolute atomic E-state index is 0.302. The molecular weight excluding hydrogens is 357 g/mol. The minimum atomic E-state index is -1.34. The lowest BCUT2D eigenvalue weighted by atomic mass is 9.68. The third kappa shape index (κ3) is 4.85. The Kier molecular flexibility index (Phi) is 7.08. The Labute approximate surface area is 159 Å². The summed E-state index contributed by atoms with van der Waals surface area (Å²) in [7, 11) is 0. The first kappa shape index (κ1) is 19.8. The molecule has 3 rings (SSSR count). The Morgan fingerprint density at radius 2 is 1.46 bits per heavy atom. The zero-order valence-electron chi connectivity index (χ0n) is 15.2. The maximum atomic E-state index is 13.8. The van der Waals surface area contributed by atoms with E-state index in [9.17, 15) is 13.2 Å². The van der Waals surface area contributed by atoms with Crippen LogP contribution in [-0.2, 0) is 6.42 Å². The van der Waals surface area contributed by atoms with Gasteiger partial charge in [-0.25, -0.2) is 13.2 Å². The van der Waals surface area contributed by atoms with Gasteiger partial charge in [0.05, 0.1) is 0 Å². The van der Waals surface area contributed by atoms with Crippen LogP contribution in [0.5, 0.6) is 0 Å². The van der Waals surface area contributed by atoms with Crippen LogP contribution in [-0.4, -0.2) is 0 Å². The van der Waals surface area contributed by atoms with Gasteiger partial charge in [-0.1, -0.05) is 36.6 Å². The molecule has 2 saturated carbocycles. The molecule has 0 N–H and O–H groups in total. The van der Waals surface area contributed by atoms with Crippen molar-refractivity contribution in [1.82, 2.24) is 0 Å². The smallest absolute Gasteiger partial charge is 0.194 e. The molecule has 0 amide bonds. The molecule has 2 fully saturated rings. The van der Waals surface area contributed by atoms with Crippen molar-refractivity contribution in [2.24, 2.45) is 23.7 Å². The summed E-state index contributed by atoms with van der Waals surface area (Å²) in [6.07, 6.45) is 13.5. The summed E-state index contributed by atoms with van der Waals surface area (Å²) in [5.74, 6) is -0.553. The summed E-state index contributed by atoms with van der Waals surface area (Å²) in [5.41, 5.74) is 1.96. The molecule has 2 aliphatic rings. The second-order valence-corrected chi connectivity index (χ2v) is 8.40. The number of hydrogen-bond donors (Lipinski definition) is 0. The zero-order chi connectivity index (χ0) is 18.5. The molecule has 0 spiro atoms. The summed E-state index contributed by atoms with van der Waals surface area (Å²) in [6, 6.07) is 2.41. The predicted molar refractivity (Wildman–Crippen MR) is 101 cm³/mol. The van der Waals surface area contributed by atoms with Crippen LogP contribution in [0, 0.1) is 41.1 Å². The average molecular weight is 385 g/mol. The van der Waals surface area contributed by atoms with E-state index in [4.69, 9.17) is 11.6 Å². The van der Waals surface area contributed by atoms with E-state index in [1.54, 1.807) is 5.54 Å². The van der Waals surface area contributed by atoms with Gasteiger partial charge in [0.25, 0.3) is 0 Å². The quantitative estimate of drug-likeness (QED) is 0.464. The standard InChI is InChI=1S/C22H28ClF3/c23-14-13-16-3-8-18(9-4-16)17-6-1-15(2-7-17)5-10-19-11-12-20(24)22(26)21(19)25/h11-18H,1-10H2. The van der Waals surface area contributed by atoms with E-state index in [1.807, 2.05) is 0 Å². The first-order valence-corrected chi connectivity index (χ1v) is 10.4. The molecule has 1 aromatic rings. The van der Waals surface area contributed by atoms with E-state index in [2.05, 4.69) is 6.08 Å². The van der Waals surface area contributed by atoms with E-state index < -0.39 is 17.5 Å². The van der Waals surface area contributed by atoms with Crippen molar-refractivity contribution < 1.29 is 13.2 Å². The van der Waals surface area contributed by atoms with E-state index in [0.29, 0.717) is 23.8 Å². The van der Waals surface area contributed by atoms with Gasteiger partial charge in [0.2, 0.25) is 0 Å². The van der Waals surface area contributed by atoms with E-state index in [1.165, 1.54) is 57.4 Å². The lowest BCUT2D eigenvalue weighted by Gasteiger charge is -2.37. The SMILES string of the molecule is Fc1ccc(CCC2CCC(C3CCC(C=CCl)CC3)CC2)c(F)c1F. The maximum Gasteiger partial charge on any atom is 0.194 e. The first-order valence-electron chi connectivity index (χ1n) is 9.97. The van der Waals surface area contributed by atoms with Crippen LogP contribution in [0.25, 0.3) is 0 Å². The predicted octanol–water partition coefficient (Wildman–Crippen LogP) is 7.40. The van der Waals surface area contributed by atoms with Crippen molar-refractivity contribution in [3.63, 3.8) is 0 Å². The lowest BCUT2D eigenvalue weighted by Crippen LogP contribution is -2.25. The highest BCUT2D eigenvalue weighted by molar-refractivity contribution is 6.25. The Bertz CT molecular complexity index is 612. The van der Waals surface area contributed by atoms with Gasteiger partial charge in [-0.2, -0.15) is 0 Å². The van der Waals surface area contributed by atoms with Crippen LogP contribution in [0.1, 0.15) is 63.4 Å². The van der Waals surface area contributed by atoms with Crippen molar-refractivity contribution in [3.8, 4) is 0 Å². The maximum absolute atomic E-state index is 13.8. The summed E-state index contributed by atoms with van der Waals surface area (Å²) >= 11 is 5.69. The molecule has 0 heterocycles. The number of benzene rings is 1. The first-order chi connectivity index (χ1) is 12.6. The number of halogens is 4. The molecule has 0 aliphatic heterocycles. The normalized spacial score (nSPS) is 30.0. The summed E-state index contributed by atoms with van der Waals surface area (Å²) < 4.78 is 40.1. The van der Waals surface area contributed by atoms with Crippen molar-refractivity contribution >= 4 is 11.6 Å². The number of aryl methyl sites for hydroxylation is 1. The fourth-order valence-electron chi connectivity index (χ4n) is 4.98. The fourth-order valence-corrected chi connectivity index (χ4v) is 5.18. The van der Waals surface area contributed by atoms with Gasteiger partial charge >= 0.3 is 0 Å². The monoisotopic (exact) mass is 384 g/mol. The van der Waals surface area contributed by atoms with Gasteiger partial charge in [-0.05, 0) is 86.7 Å². The molecule has 0 bridgehead atoms. The molecule has 1 aromatic carbocycles. The molecule has 0 atom stereocenters. The van der Waals surface area contributed by atoms with Crippen LogP contribution in [0.2, 0.25) is 0 Å². The average Bonchev–Trinajstić information content (AvgIpc) is 2.67. The Morgan fingerprint density at radius 3 is 2.08 bits per heavy atom. The van der Waals surface area contributed by atoms with Gasteiger partial charge in [0, 0.05) is 5.54 Å². The third-order valence-corrected chi connectivity index (χ3v) is 6.80. The Morgan fingerprint density at radius 1 is 0.846 bits per heavy atom. The lowest BCUT2D eigenvalue weighted by molar-refractivity contribution is 0.152. The van der Waals surface area contributed by atoms with Crippen LogP contribution in [0.4, 0.5) is 13.2 Å². The number of allylic oxidation sites excluding steroid dienone is 1. The van der Waals surface area contributed by atoms with Crippen molar-refractivity contribution in [1.29, 1.82) is 0 Å². The van der Waals surface area contributed by atoms with Gasteiger partial charge < -0.3 is 0 Å². The van der Waals surface area contributed by atoms with Crippen molar-refractivity contribution in [2.75, 3.05) is 0 Å². The Hall–Kier alpha value is -0.960. The fraction of sp³-hybridized carbons (Fsp3) is 0.636.